The number of fused-ring (bicyclic) bond motifs is 3. The third-order valence-corrected chi connectivity index (χ3v) is 6.41. The lowest BCUT2D eigenvalue weighted by Gasteiger charge is -2.35. The van der Waals surface area contributed by atoms with Gasteiger partial charge in [-0.05, 0) is 29.7 Å². The van der Waals surface area contributed by atoms with E-state index in [1.165, 1.54) is 5.56 Å². The first kappa shape index (κ1) is 22.0. The molecule has 0 aromatic carbocycles. The summed E-state index contributed by atoms with van der Waals surface area (Å²) < 4.78 is 25.1. The molecule has 1 fully saturated rings. The molecule has 9 nitrogen and oxygen atoms in total. The van der Waals surface area contributed by atoms with Crippen molar-refractivity contribution in [3.63, 3.8) is 0 Å². The largest absolute Gasteiger partial charge is 0.382 e. The number of ether oxygens (including phenoxy) is 4. The van der Waals surface area contributed by atoms with Crippen molar-refractivity contribution in [3.8, 4) is 11.3 Å². The molecular weight excluding hydrogens is 424 g/mol. The highest BCUT2D eigenvalue weighted by Crippen LogP contribution is 2.42. The van der Waals surface area contributed by atoms with Gasteiger partial charge in [0.1, 0.15) is 11.4 Å². The molecule has 9 heteroatoms. The molecule has 174 valence electrons. The van der Waals surface area contributed by atoms with E-state index in [0.717, 1.165) is 46.3 Å². The monoisotopic (exact) mass is 452 g/mol. The molecule has 1 amide bonds. The van der Waals surface area contributed by atoms with Crippen LogP contribution in [0.25, 0.3) is 22.2 Å². The summed E-state index contributed by atoms with van der Waals surface area (Å²) in [7, 11) is 3.64. The minimum atomic E-state index is -0.513. The number of carbonyl (C=O) groups excluding carboxylic acids is 1. The molecule has 1 spiro atoms. The summed E-state index contributed by atoms with van der Waals surface area (Å²) in [6.07, 6.45) is 6.01. The molecule has 1 N–H and O–H groups in total. The molecule has 0 saturated carbocycles. The van der Waals surface area contributed by atoms with E-state index in [-0.39, 0.29) is 0 Å². The van der Waals surface area contributed by atoms with Crippen LogP contribution in [0, 0.1) is 0 Å². The first-order valence-electron chi connectivity index (χ1n) is 11.1. The van der Waals surface area contributed by atoms with Crippen LogP contribution in [0.15, 0.2) is 24.5 Å². The van der Waals surface area contributed by atoms with Crippen LogP contribution in [0.2, 0.25) is 0 Å². The predicted molar refractivity (Wildman–Crippen MR) is 122 cm³/mol. The highest BCUT2D eigenvalue weighted by atomic mass is 16.6. The Morgan fingerprint density at radius 1 is 1.30 bits per heavy atom. The van der Waals surface area contributed by atoms with Crippen LogP contribution < -0.4 is 5.32 Å². The molecule has 1 atom stereocenters. The Morgan fingerprint density at radius 2 is 2.21 bits per heavy atom. The van der Waals surface area contributed by atoms with Crippen molar-refractivity contribution >= 4 is 23.1 Å². The van der Waals surface area contributed by atoms with Crippen molar-refractivity contribution in [3.05, 3.63) is 41.3 Å². The quantitative estimate of drug-likeness (QED) is 0.414. The number of hydrogen-bond acceptors (Lipinski definition) is 7. The number of methoxy groups -OCH3 is 1. The molecule has 3 aromatic heterocycles. The summed E-state index contributed by atoms with van der Waals surface area (Å²) in [6.45, 7) is 3.35. The number of hydrogen-bond donors (Lipinski definition) is 1. The Hall–Kier alpha value is -2.85. The van der Waals surface area contributed by atoms with Crippen LogP contribution in [-0.2, 0) is 49.4 Å². The van der Waals surface area contributed by atoms with Gasteiger partial charge in [-0.15, -0.1) is 0 Å². The first-order valence-corrected chi connectivity index (χ1v) is 11.1. The number of amides is 1. The standard InChI is InChI=1S/C24H28N4O5/c1-28-12-19(18-10-22(26-15-29)25-11-21(18)28)20-9-16(13-31-8-7-30-2)17-3-5-33-24(23(17)27-20)4-6-32-14-24/h9-12,15H,3-8,13-14H2,1-2H3,(H,25,26,29). The van der Waals surface area contributed by atoms with Crippen molar-refractivity contribution in [2.75, 3.05) is 45.5 Å². The van der Waals surface area contributed by atoms with E-state index in [1.807, 2.05) is 23.9 Å². The summed E-state index contributed by atoms with van der Waals surface area (Å²) in [5.74, 6) is 0.495. The third kappa shape index (κ3) is 4.02. The van der Waals surface area contributed by atoms with E-state index in [4.69, 9.17) is 23.9 Å². The second kappa shape index (κ2) is 9.18. The Balaban J connectivity index is 1.65. The minimum absolute atomic E-state index is 0.475. The van der Waals surface area contributed by atoms with Gasteiger partial charge in [0, 0.05) is 44.3 Å². The molecule has 0 bridgehead atoms. The fourth-order valence-corrected chi connectivity index (χ4v) is 4.76. The van der Waals surface area contributed by atoms with E-state index in [1.54, 1.807) is 13.3 Å². The van der Waals surface area contributed by atoms with E-state index in [2.05, 4.69) is 16.4 Å². The average molecular weight is 453 g/mol. The maximum absolute atomic E-state index is 10.9. The zero-order valence-electron chi connectivity index (χ0n) is 18.9. The molecule has 0 aliphatic carbocycles. The van der Waals surface area contributed by atoms with Crippen LogP contribution in [0.5, 0.6) is 0 Å². The average Bonchev–Trinajstić information content (AvgIpc) is 3.42. The molecule has 33 heavy (non-hydrogen) atoms. The normalized spacial score (nSPS) is 19.8. The zero-order chi connectivity index (χ0) is 22.8. The van der Waals surface area contributed by atoms with Crippen LogP contribution in [0.3, 0.4) is 0 Å². The van der Waals surface area contributed by atoms with Gasteiger partial charge in [-0.2, -0.15) is 0 Å². The Labute approximate surface area is 192 Å². The molecule has 0 radical (unpaired) electrons. The molecule has 3 aromatic rings. The van der Waals surface area contributed by atoms with Crippen LogP contribution in [0.1, 0.15) is 23.2 Å². The molecule has 5 heterocycles. The van der Waals surface area contributed by atoms with Gasteiger partial charge < -0.3 is 28.8 Å². The van der Waals surface area contributed by atoms with E-state index >= 15 is 0 Å². The van der Waals surface area contributed by atoms with Gasteiger partial charge in [0.05, 0.1) is 56.1 Å². The first-order chi connectivity index (χ1) is 16.1. The zero-order valence-corrected chi connectivity index (χ0v) is 18.9. The number of aromatic nitrogens is 3. The van der Waals surface area contributed by atoms with E-state index in [0.29, 0.717) is 51.9 Å². The summed E-state index contributed by atoms with van der Waals surface area (Å²) in [4.78, 5) is 20.4. The van der Waals surface area contributed by atoms with Crippen molar-refractivity contribution in [1.29, 1.82) is 0 Å². The summed E-state index contributed by atoms with van der Waals surface area (Å²) in [5.41, 5.74) is 5.49. The Morgan fingerprint density at radius 3 is 3.00 bits per heavy atom. The minimum Gasteiger partial charge on any atom is -0.382 e. The SMILES string of the molecule is COCCOCc1cc(-c2cn(C)c3cnc(NC=O)cc23)nc2c1CCOC21CCOC1. The number of rotatable bonds is 8. The Bertz CT molecular complexity index is 1170. The molecule has 1 unspecified atom stereocenters. The lowest BCUT2D eigenvalue weighted by molar-refractivity contribution is -0.105. The fraction of sp³-hybridized carbons (Fsp3) is 0.458. The number of anilines is 1. The number of pyridine rings is 2. The van der Waals surface area contributed by atoms with E-state index < -0.39 is 5.60 Å². The second-order valence-corrected chi connectivity index (χ2v) is 8.44. The van der Waals surface area contributed by atoms with Crippen molar-refractivity contribution in [2.24, 2.45) is 7.05 Å². The smallest absolute Gasteiger partial charge is 0.212 e. The summed E-state index contributed by atoms with van der Waals surface area (Å²) in [6, 6.07) is 3.99. The molecule has 2 aliphatic rings. The maximum atomic E-state index is 10.9. The lowest BCUT2D eigenvalue weighted by Crippen LogP contribution is -2.38. The topological polar surface area (TPSA) is 96.7 Å². The van der Waals surface area contributed by atoms with Gasteiger partial charge in [0.2, 0.25) is 6.41 Å². The highest BCUT2D eigenvalue weighted by Gasteiger charge is 2.44. The lowest BCUT2D eigenvalue weighted by atomic mass is 9.87. The van der Waals surface area contributed by atoms with Crippen LogP contribution >= 0.6 is 0 Å². The number of nitrogens with zero attached hydrogens (tertiary/aromatic N) is 3. The summed E-state index contributed by atoms with van der Waals surface area (Å²) >= 11 is 0. The van der Waals surface area contributed by atoms with Gasteiger partial charge in [-0.1, -0.05) is 0 Å². The van der Waals surface area contributed by atoms with Gasteiger partial charge in [0.15, 0.2) is 0 Å². The molecule has 2 aliphatic heterocycles. The molecule has 5 rings (SSSR count). The molecular formula is C24H28N4O5. The number of carbonyl (C=O) groups is 1. The van der Waals surface area contributed by atoms with Gasteiger partial charge in [-0.25, -0.2) is 9.97 Å². The highest BCUT2D eigenvalue weighted by molar-refractivity contribution is 5.97. The maximum Gasteiger partial charge on any atom is 0.212 e. The van der Waals surface area contributed by atoms with Gasteiger partial charge in [0.25, 0.3) is 0 Å². The van der Waals surface area contributed by atoms with Crippen LogP contribution in [-0.4, -0.2) is 61.1 Å². The predicted octanol–water partition coefficient (Wildman–Crippen LogP) is 2.55. The van der Waals surface area contributed by atoms with Crippen molar-refractivity contribution in [2.45, 2.75) is 25.0 Å². The molecule has 1 saturated heterocycles. The Kier molecular flexibility index (Phi) is 6.11. The van der Waals surface area contributed by atoms with Gasteiger partial charge >= 0.3 is 0 Å². The van der Waals surface area contributed by atoms with Gasteiger partial charge in [-0.3, -0.25) is 4.79 Å². The van der Waals surface area contributed by atoms with Crippen LogP contribution in [0.4, 0.5) is 5.82 Å². The number of aryl methyl sites for hydroxylation is 1. The third-order valence-electron chi connectivity index (χ3n) is 6.41. The summed E-state index contributed by atoms with van der Waals surface area (Å²) in [5, 5.41) is 3.60. The van der Waals surface area contributed by atoms with E-state index in [9.17, 15) is 4.79 Å². The van der Waals surface area contributed by atoms with Crippen molar-refractivity contribution < 1.29 is 23.7 Å². The fourth-order valence-electron chi connectivity index (χ4n) is 4.76. The van der Waals surface area contributed by atoms with Crippen molar-refractivity contribution in [1.82, 2.24) is 14.5 Å². The second-order valence-electron chi connectivity index (χ2n) is 8.44. The number of nitrogens with one attached hydrogen (secondary N) is 1.